The van der Waals surface area contributed by atoms with Crippen LogP contribution < -0.4 is 21.3 Å². The predicted octanol–water partition coefficient (Wildman–Crippen LogP) is 2.75. The van der Waals surface area contributed by atoms with Crippen LogP contribution in [0.3, 0.4) is 0 Å². The van der Waals surface area contributed by atoms with Gasteiger partial charge in [-0.05, 0) is 25.0 Å². The summed E-state index contributed by atoms with van der Waals surface area (Å²) in [5.41, 5.74) is 1.51. The number of carbonyl (C=O) groups excluding carboxylic acids is 4. The zero-order valence-corrected chi connectivity index (χ0v) is 20.4. The number of benzene rings is 2. The molecule has 0 aliphatic rings. The van der Waals surface area contributed by atoms with Crippen molar-refractivity contribution in [3.8, 4) is 0 Å². The van der Waals surface area contributed by atoms with Gasteiger partial charge in [0, 0.05) is 25.2 Å². The Kier molecular flexibility index (Phi) is 12.0. The van der Waals surface area contributed by atoms with Gasteiger partial charge >= 0.3 is 24.0 Å². The summed E-state index contributed by atoms with van der Waals surface area (Å²) in [5, 5.41) is 10.8. The Bertz CT molecular complexity index is 932. The summed E-state index contributed by atoms with van der Waals surface area (Å²) in [6, 6.07) is 16.2. The second-order valence-corrected chi connectivity index (χ2v) is 7.53. The van der Waals surface area contributed by atoms with Crippen molar-refractivity contribution >= 4 is 24.0 Å². The Balaban J connectivity index is 1.90. The molecule has 2 aromatic rings. The van der Waals surface area contributed by atoms with Crippen molar-refractivity contribution < 1.29 is 28.7 Å². The number of amides is 4. The van der Waals surface area contributed by atoms with Crippen LogP contribution in [0.15, 0.2) is 72.8 Å². The van der Waals surface area contributed by atoms with Crippen LogP contribution in [0.1, 0.15) is 37.1 Å². The maximum Gasteiger partial charge on any atom is 0.331 e. The van der Waals surface area contributed by atoms with Gasteiger partial charge in [0.25, 0.3) is 0 Å². The first kappa shape index (κ1) is 27.9. The minimum absolute atomic E-state index is 0.133. The van der Waals surface area contributed by atoms with E-state index < -0.39 is 36.1 Å². The van der Waals surface area contributed by atoms with Crippen molar-refractivity contribution in [2.45, 2.75) is 25.9 Å². The molecule has 0 aliphatic carbocycles. The molecule has 10 heteroatoms. The van der Waals surface area contributed by atoms with E-state index in [-0.39, 0.29) is 13.2 Å². The highest BCUT2D eigenvalue weighted by Crippen LogP contribution is 2.14. The highest BCUT2D eigenvalue weighted by atomic mass is 16.5. The second-order valence-electron chi connectivity index (χ2n) is 7.53. The fourth-order valence-electron chi connectivity index (χ4n) is 3.12. The van der Waals surface area contributed by atoms with Gasteiger partial charge in [-0.25, -0.2) is 19.2 Å². The van der Waals surface area contributed by atoms with E-state index in [1.165, 1.54) is 0 Å². The van der Waals surface area contributed by atoms with Gasteiger partial charge in [-0.15, -0.1) is 0 Å². The zero-order valence-electron chi connectivity index (χ0n) is 20.4. The second kappa shape index (κ2) is 15.5. The van der Waals surface area contributed by atoms with E-state index in [0.29, 0.717) is 13.1 Å². The number of ether oxygens (including phenoxy) is 2. The van der Waals surface area contributed by atoms with E-state index in [9.17, 15) is 19.2 Å². The standard InChI is InChI=1S/C26H32N4O6/c1-3-27-25(33)29-21(19-11-7-5-8-12-19)17-35-23(31)15-16-24(32)36-18-22(30-26(34)28-4-2)20-13-9-6-10-14-20/h5-16,21-22H,3-4,17-18H2,1-2H3,(H2,27,29,33)(H2,28,30,34)/b16-15+/t21-,22-/m1/s1. The van der Waals surface area contributed by atoms with Gasteiger partial charge in [-0.3, -0.25) is 0 Å². The smallest absolute Gasteiger partial charge is 0.331 e. The number of urea groups is 2. The largest absolute Gasteiger partial charge is 0.460 e. The van der Waals surface area contributed by atoms with E-state index in [1.807, 2.05) is 36.4 Å². The average molecular weight is 497 g/mol. The lowest BCUT2D eigenvalue weighted by Gasteiger charge is -2.19. The molecule has 4 N–H and O–H groups in total. The van der Waals surface area contributed by atoms with Crippen molar-refractivity contribution in [2.24, 2.45) is 0 Å². The molecule has 0 saturated carbocycles. The third-order valence-electron chi connectivity index (χ3n) is 4.83. The molecule has 4 amide bonds. The van der Waals surface area contributed by atoms with Crippen molar-refractivity contribution in [3.63, 3.8) is 0 Å². The molecule has 0 spiro atoms. The minimum atomic E-state index is -0.773. The first-order valence-corrected chi connectivity index (χ1v) is 11.6. The van der Waals surface area contributed by atoms with Gasteiger partial charge in [0.05, 0.1) is 12.1 Å². The highest BCUT2D eigenvalue weighted by Gasteiger charge is 2.17. The number of hydrogen-bond donors (Lipinski definition) is 4. The molecule has 0 saturated heterocycles. The van der Waals surface area contributed by atoms with Crippen molar-refractivity contribution in [1.82, 2.24) is 21.3 Å². The summed E-state index contributed by atoms with van der Waals surface area (Å²) in [6.45, 7) is 4.21. The van der Waals surface area contributed by atoms with Crippen molar-refractivity contribution in [3.05, 3.63) is 83.9 Å². The summed E-state index contributed by atoms with van der Waals surface area (Å²) in [5.74, 6) is -1.55. The van der Waals surface area contributed by atoms with Crippen LogP contribution in [0.25, 0.3) is 0 Å². The summed E-state index contributed by atoms with van der Waals surface area (Å²) in [6.07, 6.45) is 1.90. The number of hydrogen-bond acceptors (Lipinski definition) is 6. The topological polar surface area (TPSA) is 135 Å². The molecule has 0 radical (unpaired) electrons. The third kappa shape index (κ3) is 10.3. The zero-order chi connectivity index (χ0) is 26.2. The lowest BCUT2D eigenvalue weighted by Crippen LogP contribution is -2.39. The van der Waals surface area contributed by atoms with Gasteiger partial charge in [0.1, 0.15) is 13.2 Å². The number of rotatable bonds is 12. The highest BCUT2D eigenvalue weighted by molar-refractivity contribution is 5.91. The molecule has 0 unspecified atom stereocenters. The molecule has 0 aromatic heterocycles. The molecule has 192 valence electrons. The lowest BCUT2D eigenvalue weighted by atomic mass is 10.1. The molecule has 0 heterocycles. The lowest BCUT2D eigenvalue weighted by molar-refractivity contribution is -0.141. The van der Waals surface area contributed by atoms with Crippen LogP contribution in [0, 0.1) is 0 Å². The molecular formula is C26H32N4O6. The van der Waals surface area contributed by atoms with Gasteiger partial charge < -0.3 is 30.7 Å². The maximum atomic E-state index is 12.2. The summed E-state index contributed by atoms with van der Waals surface area (Å²) in [7, 11) is 0. The monoisotopic (exact) mass is 496 g/mol. The molecule has 36 heavy (non-hydrogen) atoms. The maximum absolute atomic E-state index is 12.2. The Labute approximate surface area is 210 Å². The normalized spacial score (nSPS) is 12.2. The van der Waals surface area contributed by atoms with Crippen LogP contribution in [0.4, 0.5) is 9.59 Å². The number of esters is 2. The number of nitrogens with one attached hydrogen (secondary N) is 4. The average Bonchev–Trinajstić information content (AvgIpc) is 2.89. The first-order chi connectivity index (χ1) is 17.4. The Hall–Kier alpha value is -4.34. The van der Waals surface area contributed by atoms with E-state index in [0.717, 1.165) is 23.3 Å². The fourth-order valence-corrected chi connectivity index (χ4v) is 3.12. The molecule has 0 bridgehead atoms. The Morgan fingerprint density at radius 3 is 1.36 bits per heavy atom. The van der Waals surface area contributed by atoms with Gasteiger partial charge in [0.15, 0.2) is 0 Å². The van der Waals surface area contributed by atoms with Gasteiger partial charge in [0.2, 0.25) is 0 Å². The van der Waals surface area contributed by atoms with Crippen LogP contribution in [-0.2, 0) is 19.1 Å². The Morgan fingerprint density at radius 2 is 1.03 bits per heavy atom. The molecule has 2 rings (SSSR count). The van der Waals surface area contributed by atoms with Crippen LogP contribution in [0.2, 0.25) is 0 Å². The van der Waals surface area contributed by atoms with Gasteiger partial charge in [-0.2, -0.15) is 0 Å². The summed E-state index contributed by atoms with van der Waals surface area (Å²) >= 11 is 0. The third-order valence-corrected chi connectivity index (χ3v) is 4.83. The van der Waals surface area contributed by atoms with Gasteiger partial charge in [-0.1, -0.05) is 60.7 Å². The molecule has 0 fully saturated rings. The molecule has 0 aliphatic heterocycles. The van der Waals surface area contributed by atoms with E-state index in [4.69, 9.17) is 9.47 Å². The fraction of sp³-hybridized carbons (Fsp3) is 0.308. The molecule has 10 nitrogen and oxygen atoms in total. The van der Waals surface area contributed by atoms with Crippen molar-refractivity contribution in [1.29, 1.82) is 0 Å². The first-order valence-electron chi connectivity index (χ1n) is 11.6. The number of carbonyl (C=O) groups is 4. The van der Waals surface area contributed by atoms with Crippen LogP contribution in [-0.4, -0.2) is 50.3 Å². The van der Waals surface area contributed by atoms with E-state index in [2.05, 4.69) is 21.3 Å². The van der Waals surface area contributed by atoms with Crippen LogP contribution >= 0.6 is 0 Å². The van der Waals surface area contributed by atoms with E-state index >= 15 is 0 Å². The Morgan fingerprint density at radius 1 is 0.667 bits per heavy atom. The van der Waals surface area contributed by atoms with Crippen LogP contribution in [0.5, 0.6) is 0 Å². The predicted molar refractivity (Wildman–Crippen MR) is 134 cm³/mol. The molecular weight excluding hydrogens is 464 g/mol. The molecule has 2 aromatic carbocycles. The summed E-state index contributed by atoms with van der Waals surface area (Å²) in [4.78, 5) is 48.2. The summed E-state index contributed by atoms with van der Waals surface area (Å²) < 4.78 is 10.4. The molecule has 2 atom stereocenters. The quantitative estimate of drug-likeness (QED) is 0.264. The SMILES string of the molecule is CCNC(=O)N[C@H](COC(=O)/C=C/C(=O)OC[C@@H](NC(=O)NCC)c1ccccc1)c1ccccc1. The van der Waals surface area contributed by atoms with E-state index in [1.54, 1.807) is 38.1 Å². The minimum Gasteiger partial charge on any atom is -0.460 e. The van der Waals surface area contributed by atoms with Crippen molar-refractivity contribution in [2.75, 3.05) is 26.3 Å².